The van der Waals surface area contributed by atoms with Crippen molar-refractivity contribution in [1.82, 2.24) is 15.4 Å². The summed E-state index contributed by atoms with van der Waals surface area (Å²) in [5, 5.41) is 7.42. The number of furan rings is 1. The molecule has 116 valence electrons. The van der Waals surface area contributed by atoms with E-state index in [-0.39, 0.29) is 12.4 Å². The molecule has 1 aliphatic heterocycles. The smallest absolute Gasteiger partial charge is 0.202 e. The zero-order chi connectivity index (χ0) is 13.8. The zero-order valence-electron chi connectivity index (χ0n) is 12.2. The normalized spacial score (nSPS) is 19.4. The Hall–Kier alpha value is -1.30. The SMILES string of the molecule is CNCC1CCCN(Cc2cc(-c3ccco3)on2)C1.Cl. The van der Waals surface area contributed by atoms with Crippen LogP contribution in [0.3, 0.4) is 0 Å². The van der Waals surface area contributed by atoms with Crippen molar-refractivity contribution < 1.29 is 8.94 Å². The first-order chi connectivity index (χ1) is 9.85. The van der Waals surface area contributed by atoms with Crippen molar-refractivity contribution in [3.05, 3.63) is 30.2 Å². The topological polar surface area (TPSA) is 54.4 Å². The average molecular weight is 312 g/mol. The molecule has 6 heteroatoms. The van der Waals surface area contributed by atoms with E-state index in [1.54, 1.807) is 6.26 Å². The van der Waals surface area contributed by atoms with Crippen LogP contribution in [0.15, 0.2) is 33.4 Å². The van der Waals surface area contributed by atoms with Crippen LogP contribution in [0.1, 0.15) is 18.5 Å². The number of nitrogens with zero attached hydrogens (tertiary/aromatic N) is 2. The molecule has 1 aliphatic rings. The van der Waals surface area contributed by atoms with Gasteiger partial charge in [-0.15, -0.1) is 12.4 Å². The van der Waals surface area contributed by atoms with E-state index in [0.717, 1.165) is 43.6 Å². The van der Waals surface area contributed by atoms with Crippen molar-refractivity contribution in [3.8, 4) is 11.5 Å². The van der Waals surface area contributed by atoms with E-state index in [2.05, 4.69) is 15.4 Å². The lowest BCUT2D eigenvalue weighted by Crippen LogP contribution is -2.38. The van der Waals surface area contributed by atoms with Crippen LogP contribution in [0.5, 0.6) is 0 Å². The van der Waals surface area contributed by atoms with Crippen LogP contribution < -0.4 is 5.32 Å². The largest absolute Gasteiger partial charge is 0.461 e. The third-order valence-corrected chi connectivity index (χ3v) is 3.80. The maximum Gasteiger partial charge on any atom is 0.202 e. The molecule has 5 nitrogen and oxygen atoms in total. The molecule has 1 saturated heterocycles. The highest BCUT2D eigenvalue weighted by atomic mass is 35.5. The van der Waals surface area contributed by atoms with Crippen molar-refractivity contribution in [2.45, 2.75) is 19.4 Å². The number of halogens is 1. The molecule has 1 fully saturated rings. The van der Waals surface area contributed by atoms with E-state index in [4.69, 9.17) is 8.94 Å². The summed E-state index contributed by atoms with van der Waals surface area (Å²) in [5.41, 5.74) is 0.974. The highest BCUT2D eigenvalue weighted by Gasteiger charge is 2.20. The summed E-state index contributed by atoms with van der Waals surface area (Å²) in [6.07, 6.45) is 4.22. The van der Waals surface area contributed by atoms with Crippen LogP contribution in [0.25, 0.3) is 11.5 Å². The fourth-order valence-corrected chi connectivity index (χ4v) is 2.90. The molecule has 2 aromatic rings. The van der Waals surface area contributed by atoms with E-state index in [1.807, 2.05) is 25.2 Å². The number of hydrogen-bond donors (Lipinski definition) is 1. The Kier molecular flexibility index (Phi) is 5.85. The molecular weight excluding hydrogens is 290 g/mol. The van der Waals surface area contributed by atoms with Crippen LogP contribution in [0.4, 0.5) is 0 Å². The zero-order valence-corrected chi connectivity index (χ0v) is 13.1. The number of nitrogens with one attached hydrogen (secondary N) is 1. The van der Waals surface area contributed by atoms with Gasteiger partial charge in [-0.05, 0) is 51.0 Å². The molecule has 0 spiro atoms. The van der Waals surface area contributed by atoms with E-state index < -0.39 is 0 Å². The first-order valence-electron chi connectivity index (χ1n) is 7.21. The third kappa shape index (κ3) is 4.09. The summed E-state index contributed by atoms with van der Waals surface area (Å²) in [6.45, 7) is 4.21. The lowest BCUT2D eigenvalue weighted by molar-refractivity contribution is 0.163. The van der Waals surface area contributed by atoms with Gasteiger partial charge in [-0.3, -0.25) is 4.90 Å². The van der Waals surface area contributed by atoms with E-state index >= 15 is 0 Å². The van der Waals surface area contributed by atoms with Crippen LogP contribution in [0.2, 0.25) is 0 Å². The Morgan fingerprint density at radius 2 is 2.33 bits per heavy atom. The molecule has 3 heterocycles. The van der Waals surface area contributed by atoms with Crippen molar-refractivity contribution >= 4 is 12.4 Å². The van der Waals surface area contributed by atoms with Crippen molar-refractivity contribution in [3.63, 3.8) is 0 Å². The molecule has 1 N–H and O–H groups in total. The number of likely N-dealkylation sites (tertiary alicyclic amines) is 1. The van der Waals surface area contributed by atoms with Crippen LogP contribution in [-0.4, -0.2) is 36.7 Å². The van der Waals surface area contributed by atoms with Crippen molar-refractivity contribution in [1.29, 1.82) is 0 Å². The van der Waals surface area contributed by atoms with E-state index in [1.165, 1.54) is 12.8 Å². The molecule has 1 atom stereocenters. The molecule has 0 bridgehead atoms. The molecule has 0 aliphatic carbocycles. The van der Waals surface area contributed by atoms with Gasteiger partial charge in [0.1, 0.15) is 0 Å². The predicted molar refractivity (Wildman–Crippen MR) is 83.4 cm³/mol. The Labute approximate surface area is 131 Å². The summed E-state index contributed by atoms with van der Waals surface area (Å²) in [7, 11) is 2.02. The number of aromatic nitrogens is 1. The fourth-order valence-electron chi connectivity index (χ4n) is 2.90. The van der Waals surface area contributed by atoms with Crippen LogP contribution >= 0.6 is 12.4 Å². The summed E-state index contributed by atoms with van der Waals surface area (Å²) >= 11 is 0. The Morgan fingerprint density at radius 3 is 3.10 bits per heavy atom. The molecule has 21 heavy (non-hydrogen) atoms. The lowest BCUT2D eigenvalue weighted by atomic mass is 9.98. The van der Waals surface area contributed by atoms with E-state index in [9.17, 15) is 0 Å². The number of hydrogen-bond acceptors (Lipinski definition) is 5. The third-order valence-electron chi connectivity index (χ3n) is 3.80. The quantitative estimate of drug-likeness (QED) is 0.920. The van der Waals surface area contributed by atoms with Gasteiger partial charge in [-0.1, -0.05) is 5.16 Å². The second-order valence-corrected chi connectivity index (χ2v) is 5.46. The van der Waals surface area contributed by atoms with Gasteiger partial charge in [0, 0.05) is 19.2 Å². The maximum absolute atomic E-state index is 5.34. The highest BCUT2D eigenvalue weighted by Crippen LogP contribution is 2.22. The molecule has 0 amide bonds. The monoisotopic (exact) mass is 311 g/mol. The van der Waals surface area contributed by atoms with Gasteiger partial charge in [0.15, 0.2) is 5.76 Å². The Balaban J connectivity index is 0.00000161. The Bertz CT molecular complexity index is 525. The van der Waals surface area contributed by atoms with Crippen LogP contribution in [-0.2, 0) is 6.54 Å². The fraction of sp³-hybridized carbons (Fsp3) is 0.533. The van der Waals surface area contributed by atoms with Gasteiger partial charge >= 0.3 is 0 Å². The Morgan fingerprint density at radius 1 is 1.43 bits per heavy atom. The lowest BCUT2D eigenvalue weighted by Gasteiger charge is -2.31. The highest BCUT2D eigenvalue weighted by molar-refractivity contribution is 5.85. The van der Waals surface area contributed by atoms with Gasteiger partial charge in [0.05, 0.1) is 12.0 Å². The standard InChI is InChI=1S/C15H21N3O2.ClH/c1-16-9-12-4-2-6-18(10-12)11-13-8-15(20-17-13)14-5-3-7-19-14;/h3,5,7-8,12,16H,2,4,6,9-11H2,1H3;1H. The molecular formula is C15H22ClN3O2. The summed E-state index contributed by atoms with van der Waals surface area (Å²) in [5.74, 6) is 2.18. The minimum Gasteiger partial charge on any atom is -0.461 e. The molecule has 1 unspecified atom stereocenters. The van der Waals surface area contributed by atoms with Gasteiger partial charge < -0.3 is 14.3 Å². The van der Waals surface area contributed by atoms with Gasteiger partial charge in [-0.2, -0.15) is 0 Å². The van der Waals surface area contributed by atoms with Crippen LogP contribution in [0, 0.1) is 5.92 Å². The molecule has 3 rings (SSSR count). The second-order valence-electron chi connectivity index (χ2n) is 5.46. The summed E-state index contributed by atoms with van der Waals surface area (Å²) < 4.78 is 10.7. The first kappa shape index (κ1) is 16.1. The van der Waals surface area contributed by atoms with Gasteiger partial charge in [0.25, 0.3) is 0 Å². The predicted octanol–water partition coefficient (Wildman–Crippen LogP) is 2.79. The molecule has 2 aromatic heterocycles. The van der Waals surface area contributed by atoms with Gasteiger partial charge in [0.2, 0.25) is 5.76 Å². The molecule has 0 saturated carbocycles. The number of rotatable bonds is 5. The average Bonchev–Trinajstić information content (AvgIpc) is 3.10. The van der Waals surface area contributed by atoms with Gasteiger partial charge in [-0.25, -0.2) is 0 Å². The first-order valence-corrected chi connectivity index (χ1v) is 7.21. The number of piperidine rings is 1. The summed E-state index contributed by atoms with van der Waals surface area (Å²) in [4.78, 5) is 2.45. The minimum atomic E-state index is 0. The minimum absolute atomic E-state index is 0. The summed E-state index contributed by atoms with van der Waals surface area (Å²) in [6, 6.07) is 5.71. The van der Waals surface area contributed by atoms with E-state index in [0.29, 0.717) is 5.76 Å². The van der Waals surface area contributed by atoms with Crippen molar-refractivity contribution in [2.75, 3.05) is 26.7 Å². The second kappa shape index (κ2) is 7.64. The maximum atomic E-state index is 5.34. The molecule has 0 radical (unpaired) electrons. The van der Waals surface area contributed by atoms with Crippen molar-refractivity contribution in [2.24, 2.45) is 5.92 Å². The molecule has 0 aromatic carbocycles.